The van der Waals surface area contributed by atoms with Crippen LogP contribution in [0.3, 0.4) is 0 Å². The molecule has 0 amide bonds. The predicted octanol–water partition coefficient (Wildman–Crippen LogP) is 14.4. The number of benzene rings is 6. The molecular weight excluding hydrogens is 966 g/mol. The first-order valence-electron chi connectivity index (χ1n) is 28.7. The average molecular weight is 1030 g/mol. The molecule has 6 aromatic carbocycles. The van der Waals surface area contributed by atoms with E-state index < -0.39 is 125 Å². The molecule has 1 aliphatic heterocycles. The molecule has 0 N–H and O–H groups in total. The van der Waals surface area contributed by atoms with Gasteiger partial charge in [0.2, 0.25) is 5.69 Å². The third-order valence-electron chi connectivity index (χ3n) is 10.8. The maximum Gasteiger partial charge on any atom is 2.00 e. The maximum atomic E-state index is 9.51. The molecule has 6 nitrogen and oxygen atoms in total. The quantitative estimate of drug-likeness (QED) is 0.118. The van der Waals surface area contributed by atoms with Crippen molar-refractivity contribution in [1.29, 1.82) is 0 Å². The molecule has 316 valence electrons. The first kappa shape index (κ1) is 26.8. The summed E-state index contributed by atoms with van der Waals surface area (Å²) in [5.74, 6) is 0.934. The van der Waals surface area contributed by atoms with Crippen LogP contribution in [0.4, 0.5) is 22.7 Å². The second-order valence-electron chi connectivity index (χ2n) is 17.2. The Labute approximate surface area is 414 Å². The zero-order chi connectivity index (χ0) is 58.2. The number of aromatic nitrogens is 3. The Morgan fingerprint density at radius 1 is 0.672 bits per heavy atom. The second-order valence-corrected chi connectivity index (χ2v) is 17.2. The number of pyridine rings is 2. The standard InChI is InChI=1S/C57H49N5O.Pt/c1-37-20-24-39(25-21-37)45-15-13-16-46(40-26-22-38(2)23-27-40)55(45)61-36-60(50-18-11-12-19-51(50)61)43-30-42(57(6,7)8)31-44(33-43)63-54-34-52-48(35-59-54)47-14-9-10-17-49(47)62(52)53-32-41(28-29-58-53)56(3,4)5;/h9-32,35H,1-8H3;/q;+2/i1D3,2D3,13D,15D,16D,20D,21D,22D,23D,24D,25D,26D,27D;. The summed E-state index contributed by atoms with van der Waals surface area (Å²) in [6.07, 6.45) is 3.48. The van der Waals surface area contributed by atoms with E-state index in [4.69, 9.17) is 28.4 Å². The van der Waals surface area contributed by atoms with Gasteiger partial charge in [0.1, 0.15) is 17.4 Å². The molecule has 0 bridgehead atoms. The summed E-state index contributed by atoms with van der Waals surface area (Å²) in [6, 6.07) is 21.8. The Kier molecular flexibility index (Phi) is 6.89. The van der Waals surface area contributed by atoms with E-state index in [9.17, 15) is 9.60 Å². The minimum atomic E-state index is -3.14. The molecule has 0 aliphatic carbocycles. The van der Waals surface area contributed by atoms with Crippen LogP contribution >= 0.6 is 0 Å². The summed E-state index contributed by atoms with van der Waals surface area (Å²) < 4.78 is 161. The van der Waals surface area contributed by atoms with Gasteiger partial charge in [-0.1, -0.05) is 159 Å². The topological polar surface area (TPSA) is 46.0 Å². The summed E-state index contributed by atoms with van der Waals surface area (Å²) in [4.78, 5) is 9.50. The number of hydrogen-bond donors (Lipinski definition) is 0. The summed E-state index contributed by atoms with van der Waals surface area (Å²) in [5, 5.41) is 1.72. The van der Waals surface area contributed by atoms with E-state index in [1.165, 1.54) is 4.58 Å². The van der Waals surface area contributed by atoms with Crippen LogP contribution in [0.5, 0.6) is 11.6 Å². The van der Waals surface area contributed by atoms with Crippen LogP contribution in [0.2, 0.25) is 0 Å². The van der Waals surface area contributed by atoms with Crippen molar-refractivity contribution in [3.63, 3.8) is 0 Å². The van der Waals surface area contributed by atoms with Crippen LogP contribution in [-0.2, 0) is 31.9 Å². The maximum absolute atomic E-state index is 9.51. The molecule has 4 heterocycles. The Balaban J connectivity index is 0.00000792. The van der Waals surface area contributed by atoms with E-state index in [1.54, 1.807) is 47.3 Å². The summed E-state index contributed by atoms with van der Waals surface area (Å²) in [6.45, 7) is 6.05. The fourth-order valence-electron chi connectivity index (χ4n) is 7.58. The van der Waals surface area contributed by atoms with Crippen LogP contribution in [0.15, 0.2) is 152 Å². The van der Waals surface area contributed by atoms with Crippen molar-refractivity contribution < 1.29 is 49.1 Å². The number of ether oxygens (including phenoxy) is 1. The molecule has 1 aliphatic rings. The van der Waals surface area contributed by atoms with Gasteiger partial charge in [-0.05, 0) is 82.3 Å². The fourth-order valence-corrected chi connectivity index (χ4v) is 7.58. The number of hydrogen-bond acceptors (Lipinski definition) is 3. The van der Waals surface area contributed by atoms with Gasteiger partial charge in [0.15, 0.2) is 0 Å². The van der Waals surface area contributed by atoms with Gasteiger partial charge in [-0.2, -0.15) is 6.07 Å². The van der Waals surface area contributed by atoms with E-state index in [-0.39, 0.29) is 49.5 Å². The second kappa shape index (κ2) is 16.4. The molecule has 9 aromatic rings. The van der Waals surface area contributed by atoms with Crippen LogP contribution < -0.4 is 13.9 Å². The van der Waals surface area contributed by atoms with E-state index in [1.807, 2.05) is 67.8 Å². The first-order chi connectivity index (χ1) is 37.3. The number of para-hydroxylation sites is 4. The van der Waals surface area contributed by atoms with E-state index in [2.05, 4.69) is 38.9 Å². The molecule has 0 fully saturated rings. The van der Waals surface area contributed by atoms with Gasteiger partial charge >= 0.3 is 27.1 Å². The zero-order valence-electron chi connectivity index (χ0n) is 52.5. The molecular formula is C57H49N5OPt+2. The number of nitrogens with zero attached hydrogens (tertiary/aromatic N) is 5. The fraction of sp³-hybridized carbons (Fsp3) is 0.175. The van der Waals surface area contributed by atoms with Gasteiger partial charge in [-0.3, -0.25) is 4.98 Å². The van der Waals surface area contributed by atoms with Crippen molar-refractivity contribution in [2.75, 3.05) is 0 Å². The molecule has 0 saturated heterocycles. The van der Waals surface area contributed by atoms with Crippen molar-refractivity contribution in [3.05, 3.63) is 186 Å². The number of rotatable bonds is 7. The summed E-state index contributed by atoms with van der Waals surface area (Å²) in [5.41, 5.74) is -1.45. The molecule has 0 spiro atoms. The summed E-state index contributed by atoms with van der Waals surface area (Å²) >= 11 is 0. The molecule has 0 saturated carbocycles. The van der Waals surface area contributed by atoms with Crippen molar-refractivity contribution in [3.8, 4) is 39.7 Å². The summed E-state index contributed by atoms with van der Waals surface area (Å²) in [7, 11) is 0. The van der Waals surface area contributed by atoms with Crippen molar-refractivity contribution in [2.24, 2.45) is 0 Å². The minimum Gasteiger partial charge on any atom is -0.484 e. The van der Waals surface area contributed by atoms with Crippen molar-refractivity contribution >= 4 is 50.6 Å². The van der Waals surface area contributed by atoms with Crippen LogP contribution in [-0.4, -0.2) is 20.5 Å². The van der Waals surface area contributed by atoms with Gasteiger partial charge < -0.3 is 9.30 Å². The first-order valence-corrected chi connectivity index (χ1v) is 20.2. The van der Waals surface area contributed by atoms with Gasteiger partial charge in [0.25, 0.3) is 11.4 Å². The van der Waals surface area contributed by atoms with E-state index in [0.717, 1.165) is 27.4 Å². The largest absolute Gasteiger partial charge is 2.00 e. The average Bonchev–Trinajstić information content (AvgIpc) is 3.97. The van der Waals surface area contributed by atoms with Crippen molar-refractivity contribution in [1.82, 2.24) is 23.7 Å². The SMILES string of the molecule is [2H]c1c([2H])c(-c2c([2H])c([2H])c(C([2H])([2H])[2H])c([2H])c2[2H])c([N+]2=C=[N+](c3[c-]c(Oc4[c-]c5c(cn4)c4ccccc4n5-c4cc(C(C)(C)C)ccn4)cc(C(C)(C)C)c3)c3ccccc32)c(-c2c([2H])c([2H])c(C([2H])([2H])[2H])c([2H])c2[2H])c1[2H].[Pt+2]. The Morgan fingerprint density at radius 3 is 1.94 bits per heavy atom. The Morgan fingerprint density at radius 2 is 1.30 bits per heavy atom. The van der Waals surface area contributed by atoms with Crippen LogP contribution in [0, 0.1) is 25.8 Å². The molecule has 3 aromatic heterocycles. The zero-order valence-corrected chi connectivity index (χ0v) is 37.8. The molecule has 10 rings (SSSR count). The van der Waals surface area contributed by atoms with Crippen LogP contribution in [0.25, 0.3) is 49.9 Å². The van der Waals surface area contributed by atoms with E-state index >= 15 is 0 Å². The third kappa shape index (κ3) is 7.83. The van der Waals surface area contributed by atoms with Gasteiger partial charge in [-0.25, -0.2) is 4.98 Å². The molecule has 0 radical (unpaired) electrons. The number of fused-ring (bicyclic) bond motifs is 4. The molecule has 64 heavy (non-hydrogen) atoms. The Hall–Kier alpha value is -6.71. The molecule has 0 atom stereocenters. The smallest absolute Gasteiger partial charge is 0.484 e. The molecule has 7 heteroatoms. The predicted molar refractivity (Wildman–Crippen MR) is 259 cm³/mol. The minimum absolute atomic E-state index is 0. The van der Waals surface area contributed by atoms with Gasteiger partial charge in [0.05, 0.1) is 26.2 Å². The monoisotopic (exact) mass is 1030 g/mol. The van der Waals surface area contributed by atoms with Crippen molar-refractivity contribution in [2.45, 2.75) is 66.1 Å². The molecule has 0 unspecified atom stereocenters. The van der Waals surface area contributed by atoms with E-state index in [0.29, 0.717) is 17.0 Å². The van der Waals surface area contributed by atoms with Crippen LogP contribution in [0.1, 0.15) is 87.1 Å². The normalized spacial score (nSPS) is 16.7. The van der Waals surface area contributed by atoms with Gasteiger partial charge in [0, 0.05) is 37.8 Å². The Bertz CT molecular complexity index is 4060. The van der Waals surface area contributed by atoms with Gasteiger partial charge in [-0.15, -0.1) is 22.5 Å². The third-order valence-corrected chi connectivity index (χ3v) is 10.8.